The molecule has 2 aromatic rings. The smallest absolute Gasteiger partial charge is 0.313 e. The fourth-order valence-electron chi connectivity index (χ4n) is 4.86. The van der Waals surface area contributed by atoms with E-state index in [0.717, 1.165) is 36.1 Å². The number of aliphatic carboxylic acids is 1. The summed E-state index contributed by atoms with van der Waals surface area (Å²) >= 11 is 0. The molecule has 3 heteroatoms. The van der Waals surface area contributed by atoms with Gasteiger partial charge in [-0.3, -0.25) is 4.79 Å². The van der Waals surface area contributed by atoms with Gasteiger partial charge in [-0.05, 0) is 78.8 Å². The lowest BCUT2D eigenvalue weighted by Gasteiger charge is -2.47. The number of carbonyl (C=O) groups is 1. The fourth-order valence-corrected chi connectivity index (χ4v) is 4.86. The third kappa shape index (κ3) is 4.12. The van der Waals surface area contributed by atoms with Gasteiger partial charge < -0.3 is 9.84 Å². The van der Waals surface area contributed by atoms with E-state index in [2.05, 4.69) is 53.7 Å². The van der Waals surface area contributed by atoms with Gasteiger partial charge in [-0.2, -0.15) is 0 Å². The molecule has 168 valence electrons. The predicted molar refractivity (Wildman–Crippen MR) is 128 cm³/mol. The number of hydrogen-bond acceptors (Lipinski definition) is 2. The van der Waals surface area contributed by atoms with Crippen molar-refractivity contribution in [1.29, 1.82) is 0 Å². The molecule has 2 aromatic carbocycles. The Morgan fingerprint density at radius 1 is 1.06 bits per heavy atom. The van der Waals surface area contributed by atoms with E-state index in [4.69, 9.17) is 4.74 Å². The van der Waals surface area contributed by atoms with Crippen LogP contribution in [0.4, 0.5) is 0 Å². The van der Waals surface area contributed by atoms with Crippen molar-refractivity contribution in [3.8, 4) is 16.9 Å². The molecule has 1 aliphatic rings. The van der Waals surface area contributed by atoms with Gasteiger partial charge in [0.2, 0.25) is 0 Å². The summed E-state index contributed by atoms with van der Waals surface area (Å²) in [5, 5.41) is 9.54. The Kier molecular flexibility index (Phi) is 6.03. The first-order valence-corrected chi connectivity index (χ1v) is 11.6. The van der Waals surface area contributed by atoms with Crippen LogP contribution < -0.4 is 4.74 Å². The van der Waals surface area contributed by atoms with Crippen molar-refractivity contribution >= 4 is 5.97 Å². The minimum absolute atomic E-state index is 0.0183. The number of hydrogen-bond donors (Lipinski definition) is 1. The molecule has 1 heterocycles. The molecule has 0 aliphatic carbocycles. The van der Waals surface area contributed by atoms with Crippen molar-refractivity contribution in [3.63, 3.8) is 0 Å². The highest BCUT2D eigenvalue weighted by molar-refractivity contribution is 5.80. The van der Waals surface area contributed by atoms with Crippen molar-refractivity contribution in [3.05, 3.63) is 53.1 Å². The Morgan fingerprint density at radius 2 is 1.65 bits per heavy atom. The second-order valence-electron chi connectivity index (χ2n) is 10.7. The Morgan fingerprint density at radius 3 is 2.13 bits per heavy atom. The van der Waals surface area contributed by atoms with E-state index in [-0.39, 0.29) is 11.0 Å². The largest absolute Gasteiger partial charge is 0.487 e. The molecule has 31 heavy (non-hydrogen) atoms. The average Bonchev–Trinajstić information content (AvgIpc) is 2.72. The van der Waals surface area contributed by atoms with Crippen LogP contribution in [0.15, 0.2) is 36.4 Å². The average molecular weight is 423 g/mol. The Bertz CT molecular complexity index is 960. The van der Waals surface area contributed by atoms with Crippen molar-refractivity contribution in [2.45, 2.75) is 97.0 Å². The lowest BCUT2D eigenvalue weighted by Crippen LogP contribution is -2.45. The molecule has 0 atom stereocenters. The zero-order valence-corrected chi connectivity index (χ0v) is 20.4. The van der Waals surface area contributed by atoms with E-state index in [1.54, 1.807) is 13.8 Å². The molecule has 3 nitrogen and oxygen atoms in total. The SMILES string of the molecule is CCC1(CC)CC(C)(C)c2cc(-c3ccc(C(C)(C)C(=O)O)cc3)cc(C(C)C)c2O1. The summed E-state index contributed by atoms with van der Waals surface area (Å²) < 4.78 is 6.76. The minimum Gasteiger partial charge on any atom is -0.487 e. The normalized spacial score (nSPS) is 17.2. The molecular formula is C28H38O3. The number of rotatable bonds is 6. The van der Waals surface area contributed by atoms with E-state index >= 15 is 0 Å². The monoisotopic (exact) mass is 422 g/mol. The van der Waals surface area contributed by atoms with Crippen LogP contribution in [0, 0.1) is 0 Å². The first-order chi connectivity index (χ1) is 14.4. The molecule has 0 saturated heterocycles. The predicted octanol–water partition coefficient (Wildman–Crippen LogP) is 7.46. The maximum atomic E-state index is 11.6. The molecule has 3 rings (SSSR count). The van der Waals surface area contributed by atoms with E-state index in [1.165, 1.54) is 16.7 Å². The van der Waals surface area contributed by atoms with Crippen LogP contribution in [0.5, 0.6) is 5.75 Å². The summed E-state index contributed by atoms with van der Waals surface area (Å²) in [7, 11) is 0. The van der Waals surface area contributed by atoms with Crippen LogP contribution in [0.2, 0.25) is 0 Å². The number of benzene rings is 2. The molecular weight excluding hydrogens is 384 g/mol. The first-order valence-electron chi connectivity index (χ1n) is 11.6. The highest BCUT2D eigenvalue weighted by Crippen LogP contribution is 2.51. The van der Waals surface area contributed by atoms with Crippen molar-refractivity contribution < 1.29 is 14.6 Å². The third-order valence-corrected chi connectivity index (χ3v) is 7.31. The second-order valence-corrected chi connectivity index (χ2v) is 10.7. The van der Waals surface area contributed by atoms with Gasteiger partial charge in [-0.15, -0.1) is 0 Å². The van der Waals surface area contributed by atoms with Gasteiger partial charge in [-0.25, -0.2) is 0 Å². The minimum atomic E-state index is -0.906. The first kappa shape index (κ1) is 23.4. The summed E-state index contributed by atoms with van der Waals surface area (Å²) in [5.41, 5.74) is 4.62. The quantitative estimate of drug-likeness (QED) is 0.525. The maximum Gasteiger partial charge on any atom is 0.313 e. The lowest BCUT2D eigenvalue weighted by atomic mass is 9.69. The zero-order chi connectivity index (χ0) is 23.2. The van der Waals surface area contributed by atoms with Gasteiger partial charge >= 0.3 is 5.97 Å². The van der Waals surface area contributed by atoms with Gasteiger partial charge in [0.25, 0.3) is 0 Å². The van der Waals surface area contributed by atoms with Crippen molar-refractivity contribution in [2.24, 2.45) is 0 Å². The topological polar surface area (TPSA) is 46.5 Å². The van der Waals surface area contributed by atoms with Gasteiger partial charge in [0.1, 0.15) is 11.4 Å². The highest BCUT2D eigenvalue weighted by atomic mass is 16.5. The molecule has 1 N–H and O–H groups in total. The summed E-state index contributed by atoms with van der Waals surface area (Å²) in [6.45, 7) is 17.1. The Balaban J connectivity index is 2.14. The zero-order valence-electron chi connectivity index (χ0n) is 20.4. The maximum absolute atomic E-state index is 11.6. The van der Waals surface area contributed by atoms with E-state index in [1.807, 2.05) is 24.3 Å². The van der Waals surface area contributed by atoms with E-state index in [9.17, 15) is 9.90 Å². The molecule has 1 aliphatic heterocycles. The van der Waals surface area contributed by atoms with Crippen molar-refractivity contribution in [2.75, 3.05) is 0 Å². The molecule has 0 fully saturated rings. The summed E-state index contributed by atoms with van der Waals surface area (Å²) in [6.07, 6.45) is 3.02. The van der Waals surface area contributed by atoms with Crippen LogP contribution >= 0.6 is 0 Å². The third-order valence-electron chi connectivity index (χ3n) is 7.31. The lowest BCUT2D eigenvalue weighted by molar-refractivity contribution is -0.142. The van der Waals surface area contributed by atoms with Gasteiger partial charge in [0, 0.05) is 5.56 Å². The second kappa shape index (κ2) is 8.00. The molecule has 0 amide bonds. The van der Waals surface area contributed by atoms with Crippen LogP contribution in [-0.2, 0) is 15.6 Å². The van der Waals surface area contributed by atoms with Crippen LogP contribution in [0.3, 0.4) is 0 Å². The standard InChI is InChI=1S/C28H38O3/c1-9-28(10-2)17-26(5,6)23-16-20(15-22(18(3)4)24(23)31-28)19-11-13-21(14-12-19)27(7,8)25(29)30/h11-16,18H,9-10,17H2,1-8H3,(H,29,30). The van der Waals surface area contributed by atoms with Crippen LogP contribution in [0.1, 0.15) is 97.3 Å². The number of carboxylic acids is 1. The Hall–Kier alpha value is -2.29. The van der Waals surface area contributed by atoms with Gasteiger partial charge in [0.15, 0.2) is 0 Å². The summed E-state index contributed by atoms with van der Waals surface area (Å²) in [5.74, 6) is 0.604. The number of ether oxygens (including phenoxy) is 1. The fraction of sp³-hybridized carbons (Fsp3) is 0.536. The molecule has 0 saturated carbocycles. The Labute approximate surface area is 187 Å². The molecule has 0 bridgehead atoms. The van der Waals surface area contributed by atoms with Crippen LogP contribution in [-0.4, -0.2) is 16.7 Å². The summed E-state index contributed by atoms with van der Waals surface area (Å²) in [4.78, 5) is 11.6. The van der Waals surface area contributed by atoms with Crippen LogP contribution in [0.25, 0.3) is 11.1 Å². The molecule has 0 radical (unpaired) electrons. The van der Waals surface area contributed by atoms with Gasteiger partial charge in [0.05, 0.1) is 5.41 Å². The highest BCUT2D eigenvalue weighted by Gasteiger charge is 2.44. The van der Waals surface area contributed by atoms with E-state index in [0.29, 0.717) is 5.92 Å². The number of carboxylic acid groups (broad SMARTS) is 1. The number of fused-ring (bicyclic) bond motifs is 1. The van der Waals surface area contributed by atoms with Crippen molar-refractivity contribution in [1.82, 2.24) is 0 Å². The molecule has 0 aromatic heterocycles. The van der Waals surface area contributed by atoms with E-state index < -0.39 is 11.4 Å². The van der Waals surface area contributed by atoms with Gasteiger partial charge in [-0.1, -0.05) is 65.8 Å². The summed E-state index contributed by atoms with van der Waals surface area (Å²) in [6, 6.07) is 12.5. The molecule has 0 spiro atoms. The molecule has 0 unspecified atom stereocenters.